The Kier molecular flexibility index (Phi) is 7.77. The largest absolute Gasteiger partial charge is 0.507 e. The molecule has 6 nitrogen and oxygen atoms in total. The lowest BCUT2D eigenvalue weighted by Crippen LogP contribution is -2.35. The normalized spacial score (nSPS) is 17.1. The molecule has 1 aliphatic heterocycles. The average molecular weight is 505 g/mol. The van der Waals surface area contributed by atoms with Gasteiger partial charge in [-0.25, -0.2) is 0 Å². The molecular weight excluding hydrogens is 476 g/mol. The number of ketones is 1. The molecule has 4 rings (SSSR count). The van der Waals surface area contributed by atoms with Gasteiger partial charge in [-0.2, -0.15) is 0 Å². The van der Waals surface area contributed by atoms with Gasteiger partial charge in [0.1, 0.15) is 18.1 Å². The zero-order chi connectivity index (χ0) is 25.8. The number of likely N-dealkylation sites (N-methyl/N-ethyl adjacent to an activating group) is 1. The smallest absolute Gasteiger partial charge is 0.295 e. The molecule has 0 saturated carbocycles. The summed E-state index contributed by atoms with van der Waals surface area (Å²) in [5.41, 5.74) is 3.42. The molecular formula is C29H29ClN2O4. The van der Waals surface area contributed by atoms with Crippen LogP contribution in [0.25, 0.3) is 5.76 Å². The maximum absolute atomic E-state index is 13.1. The van der Waals surface area contributed by atoms with E-state index in [4.69, 9.17) is 16.3 Å². The lowest BCUT2D eigenvalue weighted by Gasteiger charge is -2.26. The van der Waals surface area contributed by atoms with Crippen molar-refractivity contribution in [1.29, 1.82) is 0 Å². The first-order valence-corrected chi connectivity index (χ1v) is 12.1. The van der Waals surface area contributed by atoms with Crippen LogP contribution in [0.4, 0.5) is 0 Å². The maximum Gasteiger partial charge on any atom is 0.295 e. The summed E-state index contributed by atoms with van der Waals surface area (Å²) in [5, 5.41) is 11.8. The van der Waals surface area contributed by atoms with Gasteiger partial charge in [0.25, 0.3) is 11.7 Å². The molecule has 186 valence electrons. The molecule has 0 bridgehead atoms. The van der Waals surface area contributed by atoms with E-state index in [0.717, 1.165) is 11.1 Å². The first-order chi connectivity index (χ1) is 17.2. The van der Waals surface area contributed by atoms with Gasteiger partial charge in [0.05, 0.1) is 11.6 Å². The number of Topliss-reactive ketones (excluding diaryl/α,β-unsaturated/α-hetero) is 1. The van der Waals surface area contributed by atoms with E-state index in [0.29, 0.717) is 41.6 Å². The minimum absolute atomic E-state index is 0.0644. The molecule has 1 atom stereocenters. The number of nitrogens with zero attached hydrogens (tertiary/aromatic N) is 2. The van der Waals surface area contributed by atoms with Gasteiger partial charge in [-0.3, -0.25) is 9.59 Å². The van der Waals surface area contributed by atoms with Crippen molar-refractivity contribution in [1.82, 2.24) is 9.80 Å². The van der Waals surface area contributed by atoms with Crippen LogP contribution in [-0.2, 0) is 16.2 Å². The van der Waals surface area contributed by atoms with Crippen molar-refractivity contribution >= 4 is 29.1 Å². The molecule has 0 aliphatic carbocycles. The van der Waals surface area contributed by atoms with Gasteiger partial charge in [-0.15, -0.1) is 0 Å². The highest BCUT2D eigenvalue weighted by molar-refractivity contribution is 6.46. The summed E-state index contributed by atoms with van der Waals surface area (Å²) in [7, 11) is 3.80. The van der Waals surface area contributed by atoms with Crippen molar-refractivity contribution < 1.29 is 19.4 Å². The van der Waals surface area contributed by atoms with Crippen molar-refractivity contribution in [3.8, 4) is 5.75 Å². The van der Waals surface area contributed by atoms with Crippen LogP contribution in [0, 0.1) is 6.92 Å². The summed E-state index contributed by atoms with van der Waals surface area (Å²) in [5.74, 6) is -0.915. The maximum atomic E-state index is 13.1. The molecule has 0 radical (unpaired) electrons. The van der Waals surface area contributed by atoms with E-state index in [1.165, 1.54) is 4.90 Å². The molecule has 0 unspecified atom stereocenters. The lowest BCUT2D eigenvalue weighted by molar-refractivity contribution is -0.140. The molecule has 1 N–H and O–H groups in total. The number of hydrogen-bond donors (Lipinski definition) is 1. The Bertz CT molecular complexity index is 1280. The fourth-order valence-corrected chi connectivity index (χ4v) is 4.37. The van der Waals surface area contributed by atoms with Gasteiger partial charge in [0, 0.05) is 23.7 Å². The van der Waals surface area contributed by atoms with Crippen molar-refractivity contribution in [3.63, 3.8) is 0 Å². The molecule has 1 amide bonds. The van der Waals surface area contributed by atoms with Crippen molar-refractivity contribution in [2.24, 2.45) is 0 Å². The van der Waals surface area contributed by atoms with E-state index in [1.54, 1.807) is 48.5 Å². The minimum atomic E-state index is -0.709. The third-order valence-corrected chi connectivity index (χ3v) is 6.38. The Morgan fingerprint density at radius 2 is 1.72 bits per heavy atom. The topological polar surface area (TPSA) is 70.1 Å². The summed E-state index contributed by atoms with van der Waals surface area (Å²) in [4.78, 5) is 29.5. The number of aliphatic hydroxyl groups is 1. The van der Waals surface area contributed by atoms with Gasteiger partial charge >= 0.3 is 0 Å². The van der Waals surface area contributed by atoms with E-state index in [-0.39, 0.29) is 11.3 Å². The highest BCUT2D eigenvalue weighted by atomic mass is 35.5. The van der Waals surface area contributed by atoms with Crippen molar-refractivity contribution in [2.75, 3.05) is 27.2 Å². The molecule has 1 aliphatic rings. The number of halogens is 1. The predicted octanol–water partition coefficient (Wildman–Crippen LogP) is 5.21. The van der Waals surface area contributed by atoms with Crippen molar-refractivity contribution in [3.05, 3.63) is 106 Å². The summed E-state index contributed by atoms with van der Waals surface area (Å²) in [6, 6.07) is 21.2. The SMILES string of the molecule is Cc1cccc(COc2ccc(/C(O)=C3\C(=O)C(=O)N(CCN(C)C)[C@H]3c3ccc(Cl)cc3)cc2)c1. The highest BCUT2D eigenvalue weighted by Gasteiger charge is 2.45. The highest BCUT2D eigenvalue weighted by Crippen LogP contribution is 2.39. The van der Waals surface area contributed by atoms with E-state index >= 15 is 0 Å². The summed E-state index contributed by atoms with van der Waals surface area (Å²) < 4.78 is 5.87. The third-order valence-electron chi connectivity index (χ3n) is 6.13. The van der Waals surface area contributed by atoms with Crippen LogP contribution >= 0.6 is 11.6 Å². The number of likely N-dealkylation sites (tertiary alicyclic amines) is 1. The number of carbonyl (C=O) groups is 2. The second-order valence-corrected chi connectivity index (χ2v) is 9.59. The molecule has 3 aromatic carbocycles. The fourth-order valence-electron chi connectivity index (χ4n) is 4.24. The van der Waals surface area contributed by atoms with E-state index in [2.05, 4.69) is 6.07 Å². The first-order valence-electron chi connectivity index (χ1n) is 11.7. The number of carbonyl (C=O) groups excluding carboxylic acids is 2. The monoisotopic (exact) mass is 504 g/mol. The van der Waals surface area contributed by atoms with E-state index < -0.39 is 17.7 Å². The average Bonchev–Trinajstić information content (AvgIpc) is 3.11. The van der Waals surface area contributed by atoms with Crippen LogP contribution in [0.3, 0.4) is 0 Å². The van der Waals surface area contributed by atoms with Gasteiger partial charge in [0.15, 0.2) is 0 Å². The number of rotatable bonds is 8. The van der Waals surface area contributed by atoms with Gasteiger partial charge in [-0.1, -0.05) is 53.6 Å². The second kappa shape index (κ2) is 11.0. The first kappa shape index (κ1) is 25.5. The fraction of sp³-hybridized carbons (Fsp3) is 0.241. The number of hydrogen-bond acceptors (Lipinski definition) is 5. The van der Waals surface area contributed by atoms with Crippen LogP contribution in [0.2, 0.25) is 5.02 Å². The third kappa shape index (κ3) is 5.61. The number of aryl methyl sites for hydroxylation is 1. The quantitative estimate of drug-likeness (QED) is 0.259. The number of benzene rings is 3. The number of aliphatic hydroxyl groups excluding tert-OH is 1. The Morgan fingerprint density at radius 1 is 1.03 bits per heavy atom. The van der Waals surface area contributed by atoms with Gasteiger partial charge < -0.3 is 19.6 Å². The standard InChI is InChI=1S/C29H29ClN2O4/c1-19-5-4-6-20(17-19)18-36-24-13-9-22(10-14-24)27(33)25-26(21-7-11-23(30)12-8-21)32(16-15-31(2)3)29(35)28(25)34/h4-14,17,26,33H,15-16,18H2,1-3H3/b27-25+/t26-/m0/s1. The van der Waals surface area contributed by atoms with Crippen molar-refractivity contribution in [2.45, 2.75) is 19.6 Å². The summed E-state index contributed by atoms with van der Waals surface area (Å²) in [6.45, 7) is 3.36. The van der Waals surface area contributed by atoms with Gasteiger partial charge in [0.2, 0.25) is 0 Å². The molecule has 1 fully saturated rings. The summed E-state index contributed by atoms with van der Waals surface area (Å²) in [6.07, 6.45) is 0. The number of amides is 1. The molecule has 0 aromatic heterocycles. The lowest BCUT2D eigenvalue weighted by atomic mass is 9.95. The number of ether oxygens (including phenoxy) is 1. The molecule has 36 heavy (non-hydrogen) atoms. The summed E-state index contributed by atoms with van der Waals surface area (Å²) >= 11 is 6.07. The predicted molar refractivity (Wildman–Crippen MR) is 141 cm³/mol. The van der Waals surface area contributed by atoms with Crippen LogP contribution in [0.15, 0.2) is 78.4 Å². The zero-order valence-corrected chi connectivity index (χ0v) is 21.3. The van der Waals surface area contributed by atoms with Crippen LogP contribution in [0.1, 0.15) is 28.3 Å². The van der Waals surface area contributed by atoms with Crippen LogP contribution in [0.5, 0.6) is 5.75 Å². The van der Waals surface area contributed by atoms with Crippen LogP contribution < -0.4 is 4.74 Å². The van der Waals surface area contributed by atoms with E-state index in [1.807, 2.05) is 44.1 Å². The Labute approximate surface area is 216 Å². The zero-order valence-electron chi connectivity index (χ0n) is 20.6. The molecule has 0 spiro atoms. The molecule has 7 heteroatoms. The molecule has 3 aromatic rings. The van der Waals surface area contributed by atoms with E-state index in [9.17, 15) is 14.7 Å². The minimum Gasteiger partial charge on any atom is -0.507 e. The Balaban J connectivity index is 1.64. The Hall–Kier alpha value is -3.61. The Morgan fingerprint density at radius 3 is 2.36 bits per heavy atom. The van der Waals surface area contributed by atoms with Gasteiger partial charge in [-0.05, 0) is 68.5 Å². The second-order valence-electron chi connectivity index (χ2n) is 9.15. The molecule has 1 saturated heterocycles. The molecule has 1 heterocycles. The van der Waals surface area contributed by atoms with Crippen LogP contribution in [-0.4, -0.2) is 53.8 Å².